The van der Waals surface area contributed by atoms with Gasteiger partial charge in [0.15, 0.2) is 0 Å². The fourth-order valence-electron chi connectivity index (χ4n) is 3.05. The highest BCUT2D eigenvalue weighted by molar-refractivity contribution is 5.84. The molecule has 0 aliphatic carbocycles. The van der Waals surface area contributed by atoms with Crippen molar-refractivity contribution in [2.24, 2.45) is 0 Å². The summed E-state index contributed by atoms with van der Waals surface area (Å²) in [5, 5.41) is 0. The number of hydrogen-bond acceptors (Lipinski definition) is 2. The molecule has 4 rings (SSSR count). The van der Waals surface area contributed by atoms with Crippen molar-refractivity contribution in [3.05, 3.63) is 78.4 Å². The zero-order valence-electron chi connectivity index (χ0n) is 14.4. The Bertz CT molecular complexity index is 1100. The Labute approximate surface area is 153 Å². The summed E-state index contributed by atoms with van der Waals surface area (Å²) >= 11 is 0. The van der Waals surface area contributed by atoms with Crippen molar-refractivity contribution in [1.82, 2.24) is 9.55 Å². The van der Waals surface area contributed by atoms with Crippen molar-refractivity contribution in [3.63, 3.8) is 0 Å². The van der Waals surface area contributed by atoms with E-state index in [9.17, 15) is 13.2 Å². The van der Waals surface area contributed by atoms with Crippen molar-refractivity contribution >= 4 is 11.0 Å². The van der Waals surface area contributed by atoms with E-state index in [2.05, 4.69) is 4.98 Å². The lowest BCUT2D eigenvalue weighted by molar-refractivity contribution is -0.137. The van der Waals surface area contributed by atoms with E-state index in [1.54, 1.807) is 25.3 Å². The Hall–Kier alpha value is -3.28. The van der Waals surface area contributed by atoms with E-state index in [4.69, 9.17) is 4.74 Å². The molecular formula is C21H15F3N2O. The molecule has 0 unspecified atom stereocenters. The van der Waals surface area contributed by atoms with Crippen LogP contribution in [0.25, 0.3) is 28.1 Å². The van der Waals surface area contributed by atoms with E-state index in [-0.39, 0.29) is 0 Å². The number of halogens is 3. The molecule has 0 fully saturated rings. The molecule has 0 aliphatic heterocycles. The molecule has 0 saturated heterocycles. The molecule has 0 saturated carbocycles. The Morgan fingerprint density at radius 1 is 0.889 bits per heavy atom. The monoisotopic (exact) mass is 368 g/mol. The van der Waals surface area contributed by atoms with Crippen LogP contribution in [-0.4, -0.2) is 16.7 Å². The average Bonchev–Trinajstić information content (AvgIpc) is 3.06. The quantitative estimate of drug-likeness (QED) is 0.462. The van der Waals surface area contributed by atoms with E-state index < -0.39 is 11.7 Å². The molecule has 1 aromatic heterocycles. The van der Waals surface area contributed by atoms with Crippen LogP contribution < -0.4 is 4.74 Å². The van der Waals surface area contributed by atoms with Crippen LogP contribution in [-0.2, 0) is 6.18 Å². The molecule has 27 heavy (non-hydrogen) atoms. The molecule has 0 spiro atoms. The lowest BCUT2D eigenvalue weighted by atomic mass is 10.1. The van der Waals surface area contributed by atoms with Crippen LogP contribution in [0.3, 0.4) is 0 Å². The number of nitrogens with zero attached hydrogens (tertiary/aromatic N) is 2. The molecule has 0 N–H and O–H groups in total. The minimum Gasteiger partial charge on any atom is -0.497 e. The first-order valence-electron chi connectivity index (χ1n) is 8.27. The number of rotatable bonds is 3. The molecule has 6 heteroatoms. The van der Waals surface area contributed by atoms with Crippen molar-refractivity contribution in [2.45, 2.75) is 6.18 Å². The van der Waals surface area contributed by atoms with Crippen LogP contribution >= 0.6 is 0 Å². The molecule has 4 aromatic rings. The van der Waals surface area contributed by atoms with Gasteiger partial charge in [-0.15, -0.1) is 0 Å². The number of benzene rings is 3. The summed E-state index contributed by atoms with van der Waals surface area (Å²) < 4.78 is 46.6. The van der Waals surface area contributed by atoms with E-state index in [1.165, 1.54) is 6.07 Å². The Morgan fingerprint density at radius 3 is 2.37 bits per heavy atom. The molecule has 1 heterocycles. The molecule has 0 atom stereocenters. The van der Waals surface area contributed by atoms with Gasteiger partial charge in [-0.3, -0.25) is 4.57 Å². The number of fused-ring (bicyclic) bond motifs is 1. The van der Waals surface area contributed by atoms with Gasteiger partial charge in [-0.25, -0.2) is 4.98 Å². The summed E-state index contributed by atoms with van der Waals surface area (Å²) in [6.45, 7) is 0. The van der Waals surface area contributed by atoms with Crippen LogP contribution in [0, 0.1) is 0 Å². The number of para-hydroxylation sites is 1. The van der Waals surface area contributed by atoms with Gasteiger partial charge < -0.3 is 4.74 Å². The maximum Gasteiger partial charge on any atom is 0.416 e. The molecule has 0 radical (unpaired) electrons. The lowest BCUT2D eigenvalue weighted by Crippen LogP contribution is -2.05. The highest BCUT2D eigenvalue weighted by Crippen LogP contribution is 2.34. The topological polar surface area (TPSA) is 27.1 Å². The molecular weight excluding hydrogens is 353 g/mol. The smallest absolute Gasteiger partial charge is 0.416 e. The number of ether oxygens (including phenoxy) is 1. The molecule has 3 aromatic carbocycles. The van der Waals surface area contributed by atoms with Gasteiger partial charge in [0.2, 0.25) is 0 Å². The van der Waals surface area contributed by atoms with E-state index >= 15 is 0 Å². The van der Waals surface area contributed by atoms with Crippen LogP contribution in [0.1, 0.15) is 5.56 Å². The van der Waals surface area contributed by atoms with Gasteiger partial charge in [0.05, 0.1) is 23.7 Å². The SMILES string of the molecule is COc1ccc2nc(-c3cccc(C(F)(F)F)c3)n(-c3ccccc3)c2c1. The molecule has 0 bridgehead atoms. The Balaban J connectivity index is 2.01. The standard InChI is InChI=1S/C21H15F3N2O/c1-27-17-10-11-18-19(13-17)26(16-8-3-2-4-9-16)20(25-18)14-6-5-7-15(12-14)21(22,23)24/h2-13H,1H3. The highest BCUT2D eigenvalue weighted by Gasteiger charge is 2.31. The van der Waals surface area contributed by atoms with Crippen LogP contribution in [0.15, 0.2) is 72.8 Å². The van der Waals surface area contributed by atoms with Crippen molar-refractivity contribution in [1.29, 1.82) is 0 Å². The normalized spacial score (nSPS) is 11.7. The second kappa shape index (κ2) is 6.46. The van der Waals surface area contributed by atoms with Crippen molar-refractivity contribution in [3.8, 4) is 22.8 Å². The fourth-order valence-corrected chi connectivity index (χ4v) is 3.05. The van der Waals surface area contributed by atoms with Gasteiger partial charge >= 0.3 is 6.18 Å². The Kier molecular flexibility index (Phi) is 4.11. The van der Waals surface area contributed by atoms with Gasteiger partial charge in [-0.05, 0) is 36.4 Å². The third-order valence-corrected chi connectivity index (χ3v) is 4.32. The number of hydrogen-bond donors (Lipinski definition) is 0. The van der Waals surface area contributed by atoms with Crippen LogP contribution in [0.2, 0.25) is 0 Å². The van der Waals surface area contributed by atoms with Gasteiger partial charge in [-0.1, -0.05) is 30.3 Å². The largest absolute Gasteiger partial charge is 0.497 e. The predicted octanol–water partition coefficient (Wildman–Crippen LogP) is 5.72. The Morgan fingerprint density at radius 2 is 1.67 bits per heavy atom. The first kappa shape index (κ1) is 17.1. The van der Waals surface area contributed by atoms with E-state index in [0.717, 1.165) is 23.3 Å². The third-order valence-electron chi connectivity index (χ3n) is 4.32. The zero-order chi connectivity index (χ0) is 19.0. The van der Waals surface area contributed by atoms with Gasteiger partial charge in [0.25, 0.3) is 0 Å². The lowest BCUT2D eigenvalue weighted by Gasteiger charge is -2.12. The summed E-state index contributed by atoms with van der Waals surface area (Å²) in [7, 11) is 1.57. The summed E-state index contributed by atoms with van der Waals surface area (Å²) in [6, 6.07) is 20.0. The second-order valence-corrected chi connectivity index (χ2v) is 6.04. The molecule has 0 aliphatic rings. The second-order valence-electron chi connectivity index (χ2n) is 6.04. The van der Waals surface area contributed by atoms with Gasteiger partial charge in [0.1, 0.15) is 11.6 Å². The first-order chi connectivity index (χ1) is 13.0. The predicted molar refractivity (Wildman–Crippen MR) is 98.1 cm³/mol. The minimum absolute atomic E-state index is 0.392. The summed E-state index contributed by atoms with van der Waals surface area (Å²) in [5.41, 5.74) is 1.92. The van der Waals surface area contributed by atoms with Gasteiger partial charge in [0, 0.05) is 17.3 Å². The third kappa shape index (κ3) is 3.14. The number of alkyl halides is 3. The molecule has 3 nitrogen and oxygen atoms in total. The summed E-state index contributed by atoms with van der Waals surface area (Å²) in [5.74, 6) is 1.09. The van der Waals surface area contributed by atoms with Crippen molar-refractivity contribution < 1.29 is 17.9 Å². The number of imidazole rings is 1. The minimum atomic E-state index is -4.41. The van der Waals surface area contributed by atoms with Crippen LogP contribution in [0.5, 0.6) is 5.75 Å². The maximum atomic E-state index is 13.2. The van der Waals surface area contributed by atoms with Crippen molar-refractivity contribution in [2.75, 3.05) is 7.11 Å². The molecule has 0 amide bonds. The number of methoxy groups -OCH3 is 1. The zero-order valence-corrected chi connectivity index (χ0v) is 14.4. The number of aromatic nitrogens is 2. The maximum absolute atomic E-state index is 13.2. The fraction of sp³-hybridized carbons (Fsp3) is 0.0952. The van der Waals surface area contributed by atoms with E-state index in [1.807, 2.05) is 41.0 Å². The van der Waals surface area contributed by atoms with E-state index in [0.29, 0.717) is 22.7 Å². The molecule has 136 valence electrons. The van der Waals surface area contributed by atoms with Gasteiger partial charge in [-0.2, -0.15) is 13.2 Å². The summed E-state index contributed by atoms with van der Waals surface area (Å²) in [4.78, 5) is 4.60. The first-order valence-corrected chi connectivity index (χ1v) is 8.27. The average molecular weight is 368 g/mol. The van der Waals surface area contributed by atoms with Crippen LogP contribution in [0.4, 0.5) is 13.2 Å². The highest BCUT2D eigenvalue weighted by atomic mass is 19.4. The summed E-state index contributed by atoms with van der Waals surface area (Å²) in [6.07, 6.45) is -4.41.